The van der Waals surface area contributed by atoms with E-state index in [9.17, 15) is 0 Å². The number of aromatic nitrogens is 4. The van der Waals surface area contributed by atoms with Crippen molar-refractivity contribution in [3.8, 4) is 6.07 Å². The molecule has 0 unspecified atom stereocenters. The van der Waals surface area contributed by atoms with Crippen LogP contribution in [0.4, 0.5) is 5.82 Å². The summed E-state index contributed by atoms with van der Waals surface area (Å²) in [5.41, 5.74) is 6.66. The van der Waals surface area contributed by atoms with Crippen molar-refractivity contribution in [3.05, 3.63) is 17.1 Å². The first-order chi connectivity index (χ1) is 7.67. The van der Waals surface area contributed by atoms with Gasteiger partial charge in [-0.2, -0.15) is 14.8 Å². The van der Waals surface area contributed by atoms with Crippen LogP contribution in [-0.4, -0.2) is 26.7 Å². The lowest BCUT2D eigenvalue weighted by Crippen LogP contribution is -2.06. The number of nitrogens with zero attached hydrogens (tertiary/aromatic N) is 5. The molecule has 0 saturated heterocycles. The second-order valence-electron chi connectivity index (χ2n) is 3.24. The van der Waals surface area contributed by atoms with Crippen molar-refractivity contribution in [3.63, 3.8) is 0 Å². The molecule has 0 radical (unpaired) electrons. The number of fused-ring (bicyclic) bond motifs is 1. The summed E-state index contributed by atoms with van der Waals surface area (Å²) in [6, 6.07) is 1.99. The quantitative estimate of drug-likeness (QED) is 0.763. The van der Waals surface area contributed by atoms with Gasteiger partial charge in [0.25, 0.3) is 5.78 Å². The van der Waals surface area contributed by atoms with E-state index in [1.54, 1.807) is 14.0 Å². The third-order valence-electron chi connectivity index (χ3n) is 2.13. The van der Waals surface area contributed by atoms with Crippen LogP contribution in [0, 0.1) is 18.3 Å². The Morgan fingerprint density at radius 2 is 2.25 bits per heavy atom. The first-order valence-corrected chi connectivity index (χ1v) is 4.58. The SMILES string of the molecule is COCc1nc2nc(C)c(C#N)c(N)n2n1. The molecule has 0 spiro atoms. The van der Waals surface area contributed by atoms with E-state index >= 15 is 0 Å². The zero-order valence-electron chi connectivity index (χ0n) is 8.93. The van der Waals surface area contributed by atoms with E-state index < -0.39 is 0 Å². The Labute approximate surface area is 91.5 Å². The van der Waals surface area contributed by atoms with Crippen molar-refractivity contribution < 1.29 is 4.74 Å². The lowest BCUT2D eigenvalue weighted by atomic mass is 10.2. The highest BCUT2D eigenvalue weighted by molar-refractivity contribution is 5.55. The van der Waals surface area contributed by atoms with Gasteiger partial charge >= 0.3 is 0 Å². The summed E-state index contributed by atoms with van der Waals surface area (Å²) in [6.45, 7) is 1.99. The van der Waals surface area contributed by atoms with Crippen molar-refractivity contribution in [2.24, 2.45) is 0 Å². The minimum Gasteiger partial charge on any atom is -0.382 e. The molecule has 2 aromatic rings. The fourth-order valence-electron chi connectivity index (χ4n) is 1.40. The molecule has 0 aliphatic rings. The van der Waals surface area contributed by atoms with Crippen LogP contribution in [0.1, 0.15) is 17.1 Å². The number of nitrogens with two attached hydrogens (primary N) is 1. The second kappa shape index (κ2) is 3.75. The molecule has 2 rings (SSSR count). The van der Waals surface area contributed by atoms with E-state index in [2.05, 4.69) is 15.1 Å². The molecule has 0 atom stereocenters. The predicted molar refractivity (Wildman–Crippen MR) is 55.4 cm³/mol. The molecule has 2 N–H and O–H groups in total. The Morgan fingerprint density at radius 3 is 2.88 bits per heavy atom. The standard InChI is InChI=1S/C9H10N6O/c1-5-6(3-10)8(11)15-9(12-5)13-7(14-15)4-16-2/h4,11H2,1-2H3. The molecule has 0 saturated carbocycles. The highest BCUT2D eigenvalue weighted by Gasteiger charge is 2.13. The first-order valence-electron chi connectivity index (χ1n) is 4.58. The molecule has 2 aromatic heterocycles. The number of anilines is 1. The van der Waals surface area contributed by atoms with Crippen LogP contribution in [-0.2, 0) is 11.3 Å². The number of hydrogen-bond acceptors (Lipinski definition) is 6. The highest BCUT2D eigenvalue weighted by atomic mass is 16.5. The van der Waals surface area contributed by atoms with Gasteiger partial charge in [-0.15, -0.1) is 5.10 Å². The van der Waals surface area contributed by atoms with Crippen molar-refractivity contribution in [1.29, 1.82) is 5.26 Å². The maximum Gasteiger partial charge on any atom is 0.254 e. The number of nitrogen functional groups attached to an aromatic ring is 1. The van der Waals surface area contributed by atoms with Crippen LogP contribution < -0.4 is 5.73 Å². The van der Waals surface area contributed by atoms with E-state index in [1.165, 1.54) is 4.52 Å². The fraction of sp³-hybridized carbons (Fsp3) is 0.333. The Kier molecular flexibility index (Phi) is 2.42. The fourth-order valence-corrected chi connectivity index (χ4v) is 1.40. The van der Waals surface area contributed by atoms with Gasteiger partial charge in [-0.3, -0.25) is 0 Å². The molecule has 7 nitrogen and oxygen atoms in total. The van der Waals surface area contributed by atoms with Crippen LogP contribution in [0.5, 0.6) is 0 Å². The Balaban J connectivity index is 2.69. The van der Waals surface area contributed by atoms with Crippen molar-refractivity contribution >= 4 is 11.6 Å². The zero-order chi connectivity index (χ0) is 11.7. The Hall–Kier alpha value is -2.20. The van der Waals surface area contributed by atoms with Gasteiger partial charge in [0, 0.05) is 7.11 Å². The van der Waals surface area contributed by atoms with E-state index in [0.717, 1.165) is 0 Å². The first kappa shape index (κ1) is 10.3. The molecule has 0 aromatic carbocycles. The summed E-state index contributed by atoms with van der Waals surface area (Å²) in [5.74, 6) is 1.11. The average Bonchev–Trinajstić information content (AvgIpc) is 2.62. The van der Waals surface area contributed by atoms with E-state index in [-0.39, 0.29) is 12.4 Å². The maximum absolute atomic E-state index is 8.91. The zero-order valence-corrected chi connectivity index (χ0v) is 8.93. The molecule has 2 heterocycles. The molecule has 0 aliphatic heterocycles. The lowest BCUT2D eigenvalue weighted by Gasteiger charge is -2.01. The van der Waals surface area contributed by atoms with Gasteiger partial charge in [-0.1, -0.05) is 0 Å². The summed E-state index contributed by atoms with van der Waals surface area (Å²) >= 11 is 0. The van der Waals surface area contributed by atoms with E-state index in [1.807, 2.05) is 6.07 Å². The third-order valence-corrected chi connectivity index (χ3v) is 2.13. The molecule has 0 fully saturated rings. The summed E-state index contributed by atoms with van der Waals surface area (Å²) in [7, 11) is 1.55. The van der Waals surface area contributed by atoms with Crippen LogP contribution >= 0.6 is 0 Å². The molecule has 0 amide bonds. The molecule has 0 bridgehead atoms. The molecule has 16 heavy (non-hydrogen) atoms. The van der Waals surface area contributed by atoms with Crippen LogP contribution in [0.3, 0.4) is 0 Å². The molecular weight excluding hydrogens is 208 g/mol. The summed E-state index contributed by atoms with van der Waals surface area (Å²) in [6.07, 6.45) is 0. The van der Waals surface area contributed by atoms with Crippen LogP contribution in [0.2, 0.25) is 0 Å². The van der Waals surface area contributed by atoms with Gasteiger partial charge in [-0.25, -0.2) is 4.98 Å². The number of rotatable bonds is 2. The van der Waals surface area contributed by atoms with E-state index in [0.29, 0.717) is 22.9 Å². The summed E-state index contributed by atoms with van der Waals surface area (Å²) < 4.78 is 6.26. The monoisotopic (exact) mass is 218 g/mol. The van der Waals surface area contributed by atoms with E-state index in [4.69, 9.17) is 15.7 Å². The third kappa shape index (κ3) is 1.45. The molecule has 82 valence electrons. The number of methoxy groups -OCH3 is 1. The Morgan fingerprint density at radius 1 is 1.50 bits per heavy atom. The molecule has 0 aliphatic carbocycles. The van der Waals surface area contributed by atoms with Crippen LogP contribution in [0.15, 0.2) is 0 Å². The van der Waals surface area contributed by atoms with Gasteiger partial charge in [0.05, 0.1) is 5.69 Å². The number of ether oxygens (including phenoxy) is 1. The number of hydrogen-bond donors (Lipinski definition) is 1. The largest absolute Gasteiger partial charge is 0.382 e. The maximum atomic E-state index is 8.91. The van der Waals surface area contributed by atoms with Crippen LogP contribution in [0.25, 0.3) is 5.78 Å². The number of nitriles is 1. The minimum atomic E-state index is 0.250. The summed E-state index contributed by atoms with van der Waals surface area (Å²) in [5, 5.41) is 13.0. The molecular formula is C9H10N6O. The predicted octanol–water partition coefficient (Wildman–Crippen LogP) is 0.0330. The van der Waals surface area contributed by atoms with Gasteiger partial charge in [0.2, 0.25) is 0 Å². The van der Waals surface area contributed by atoms with Gasteiger partial charge in [0.15, 0.2) is 5.82 Å². The van der Waals surface area contributed by atoms with Crippen molar-refractivity contribution in [2.75, 3.05) is 12.8 Å². The lowest BCUT2D eigenvalue weighted by molar-refractivity contribution is 0.178. The minimum absolute atomic E-state index is 0.250. The smallest absolute Gasteiger partial charge is 0.254 e. The summed E-state index contributed by atoms with van der Waals surface area (Å²) in [4.78, 5) is 8.27. The topological polar surface area (TPSA) is 102 Å². The highest BCUT2D eigenvalue weighted by Crippen LogP contribution is 2.15. The second-order valence-corrected chi connectivity index (χ2v) is 3.24. The Bertz CT molecular complexity index is 582. The van der Waals surface area contributed by atoms with Gasteiger partial charge < -0.3 is 10.5 Å². The number of aryl methyl sites for hydroxylation is 1. The van der Waals surface area contributed by atoms with Crippen molar-refractivity contribution in [1.82, 2.24) is 19.6 Å². The average molecular weight is 218 g/mol. The van der Waals surface area contributed by atoms with Gasteiger partial charge in [-0.05, 0) is 6.92 Å². The van der Waals surface area contributed by atoms with Gasteiger partial charge in [0.1, 0.15) is 24.1 Å². The normalized spacial score (nSPS) is 10.6. The van der Waals surface area contributed by atoms with Crippen molar-refractivity contribution in [2.45, 2.75) is 13.5 Å². The molecule has 7 heteroatoms.